The molecular formula is C19H20O4. The normalized spacial score (nSPS) is 10.4. The first-order chi connectivity index (χ1) is 11.1. The summed E-state index contributed by atoms with van der Waals surface area (Å²) in [5.74, 6) is 1.05. The Morgan fingerprint density at radius 3 is 2.43 bits per heavy atom. The van der Waals surface area contributed by atoms with E-state index in [1.165, 1.54) is 0 Å². The fourth-order valence-electron chi connectivity index (χ4n) is 1.93. The topological polar surface area (TPSA) is 52.6 Å². The Morgan fingerprint density at radius 1 is 1.09 bits per heavy atom. The van der Waals surface area contributed by atoms with Crippen LogP contribution in [0.1, 0.15) is 41.0 Å². The van der Waals surface area contributed by atoms with Gasteiger partial charge in [-0.1, -0.05) is 26.0 Å². The Balaban J connectivity index is 1.98. The number of esters is 1. The second kappa shape index (κ2) is 8.13. The highest BCUT2D eigenvalue weighted by atomic mass is 16.5. The van der Waals surface area contributed by atoms with Crippen LogP contribution in [0, 0.1) is 5.92 Å². The quantitative estimate of drug-likeness (QED) is 0.438. The summed E-state index contributed by atoms with van der Waals surface area (Å²) in [6, 6.07) is 13.4. The first-order valence-electron chi connectivity index (χ1n) is 7.59. The molecule has 2 aromatic rings. The number of para-hydroxylation sites is 1. The molecule has 0 saturated carbocycles. The lowest BCUT2D eigenvalue weighted by Crippen LogP contribution is -2.09. The average Bonchev–Trinajstić information content (AvgIpc) is 2.55. The zero-order valence-corrected chi connectivity index (χ0v) is 13.3. The van der Waals surface area contributed by atoms with Crippen molar-refractivity contribution < 1.29 is 19.1 Å². The number of rotatable bonds is 7. The van der Waals surface area contributed by atoms with Crippen LogP contribution in [-0.4, -0.2) is 18.9 Å². The standard InChI is InChI=1S/C19H20O4/c1-14(2)11-12-22-17-9-7-15(8-10-17)19(21)23-18-6-4-3-5-16(18)13-20/h3-10,13-14H,11-12H2,1-2H3. The molecule has 0 aliphatic rings. The Labute approximate surface area is 136 Å². The first-order valence-corrected chi connectivity index (χ1v) is 7.59. The molecule has 0 fully saturated rings. The van der Waals surface area contributed by atoms with Gasteiger partial charge >= 0.3 is 5.97 Å². The molecule has 0 spiro atoms. The molecule has 4 heteroatoms. The number of carbonyl (C=O) groups is 2. The van der Waals surface area contributed by atoms with Crippen LogP contribution in [-0.2, 0) is 0 Å². The van der Waals surface area contributed by atoms with Crippen LogP contribution in [0.4, 0.5) is 0 Å². The van der Waals surface area contributed by atoms with Gasteiger partial charge in [-0.2, -0.15) is 0 Å². The monoisotopic (exact) mass is 312 g/mol. The van der Waals surface area contributed by atoms with Crippen molar-refractivity contribution in [3.8, 4) is 11.5 Å². The third-order valence-corrected chi connectivity index (χ3v) is 3.30. The van der Waals surface area contributed by atoms with E-state index in [4.69, 9.17) is 9.47 Å². The smallest absolute Gasteiger partial charge is 0.343 e. The number of carbonyl (C=O) groups excluding carboxylic acids is 2. The molecule has 2 aromatic carbocycles. The summed E-state index contributed by atoms with van der Waals surface area (Å²) in [7, 11) is 0. The Morgan fingerprint density at radius 2 is 1.78 bits per heavy atom. The summed E-state index contributed by atoms with van der Waals surface area (Å²) in [5, 5.41) is 0. The van der Waals surface area contributed by atoms with Crippen molar-refractivity contribution in [2.75, 3.05) is 6.61 Å². The van der Waals surface area contributed by atoms with Crippen LogP contribution < -0.4 is 9.47 Å². The third-order valence-electron chi connectivity index (χ3n) is 3.30. The van der Waals surface area contributed by atoms with E-state index < -0.39 is 5.97 Å². The largest absolute Gasteiger partial charge is 0.494 e. The molecule has 23 heavy (non-hydrogen) atoms. The van der Waals surface area contributed by atoms with E-state index >= 15 is 0 Å². The van der Waals surface area contributed by atoms with Gasteiger partial charge in [0.2, 0.25) is 0 Å². The van der Waals surface area contributed by atoms with E-state index in [-0.39, 0.29) is 5.75 Å². The number of benzene rings is 2. The van der Waals surface area contributed by atoms with Crippen molar-refractivity contribution in [1.82, 2.24) is 0 Å². The van der Waals surface area contributed by atoms with Crippen LogP contribution in [0.5, 0.6) is 11.5 Å². The van der Waals surface area contributed by atoms with Crippen molar-refractivity contribution in [1.29, 1.82) is 0 Å². The number of hydrogen-bond donors (Lipinski definition) is 0. The minimum Gasteiger partial charge on any atom is -0.494 e. The average molecular weight is 312 g/mol. The molecule has 0 N–H and O–H groups in total. The Hall–Kier alpha value is -2.62. The van der Waals surface area contributed by atoms with Crippen molar-refractivity contribution in [2.24, 2.45) is 5.92 Å². The van der Waals surface area contributed by atoms with Gasteiger partial charge in [-0.05, 0) is 48.7 Å². The van der Waals surface area contributed by atoms with Crippen LogP contribution in [0.25, 0.3) is 0 Å². The van der Waals surface area contributed by atoms with Gasteiger partial charge in [-0.3, -0.25) is 4.79 Å². The molecule has 120 valence electrons. The van der Waals surface area contributed by atoms with Gasteiger partial charge in [0.15, 0.2) is 6.29 Å². The molecule has 0 saturated heterocycles. The molecule has 0 bridgehead atoms. The maximum Gasteiger partial charge on any atom is 0.343 e. The molecule has 0 amide bonds. The Bertz CT molecular complexity index is 659. The second-order valence-corrected chi connectivity index (χ2v) is 5.60. The van der Waals surface area contributed by atoms with E-state index in [2.05, 4.69) is 13.8 Å². The number of hydrogen-bond acceptors (Lipinski definition) is 4. The lowest BCUT2D eigenvalue weighted by molar-refractivity contribution is 0.0733. The molecule has 0 aliphatic heterocycles. The van der Waals surface area contributed by atoms with Gasteiger partial charge in [0.1, 0.15) is 11.5 Å². The summed E-state index contributed by atoms with van der Waals surface area (Å²) in [4.78, 5) is 23.0. The number of ether oxygens (including phenoxy) is 2. The maximum atomic E-state index is 12.1. The van der Waals surface area contributed by atoms with Crippen LogP contribution in [0.2, 0.25) is 0 Å². The lowest BCUT2D eigenvalue weighted by atomic mass is 10.1. The van der Waals surface area contributed by atoms with Crippen LogP contribution in [0.15, 0.2) is 48.5 Å². The minimum absolute atomic E-state index is 0.254. The van der Waals surface area contributed by atoms with E-state index in [1.807, 2.05) is 0 Å². The highest BCUT2D eigenvalue weighted by Crippen LogP contribution is 2.19. The molecule has 2 rings (SSSR count). The second-order valence-electron chi connectivity index (χ2n) is 5.60. The molecule has 0 aromatic heterocycles. The third kappa shape index (κ3) is 4.95. The summed E-state index contributed by atoms with van der Waals surface area (Å²) in [5.41, 5.74) is 0.747. The summed E-state index contributed by atoms with van der Waals surface area (Å²) >= 11 is 0. The van der Waals surface area contributed by atoms with E-state index in [0.29, 0.717) is 29.9 Å². The highest BCUT2D eigenvalue weighted by molar-refractivity contribution is 5.92. The van der Waals surface area contributed by atoms with Gasteiger partial charge in [0, 0.05) is 0 Å². The maximum absolute atomic E-state index is 12.1. The predicted octanol–water partition coefficient (Wildman–Crippen LogP) is 4.14. The van der Waals surface area contributed by atoms with Gasteiger partial charge in [-0.15, -0.1) is 0 Å². The van der Waals surface area contributed by atoms with Crippen LogP contribution in [0.3, 0.4) is 0 Å². The fraction of sp³-hybridized carbons (Fsp3) is 0.263. The molecule has 0 unspecified atom stereocenters. The molecule has 0 heterocycles. The zero-order valence-electron chi connectivity index (χ0n) is 13.3. The minimum atomic E-state index is -0.506. The Kier molecular flexibility index (Phi) is 5.92. The van der Waals surface area contributed by atoms with E-state index in [1.54, 1.807) is 48.5 Å². The lowest BCUT2D eigenvalue weighted by Gasteiger charge is -2.09. The zero-order chi connectivity index (χ0) is 16.7. The molecule has 0 radical (unpaired) electrons. The van der Waals surface area contributed by atoms with E-state index in [0.717, 1.165) is 12.2 Å². The SMILES string of the molecule is CC(C)CCOc1ccc(C(=O)Oc2ccccc2C=O)cc1. The number of aldehydes is 1. The first kappa shape index (κ1) is 16.7. The van der Waals surface area contributed by atoms with Gasteiger partial charge in [0.05, 0.1) is 17.7 Å². The predicted molar refractivity (Wildman–Crippen MR) is 88.2 cm³/mol. The van der Waals surface area contributed by atoms with Crippen molar-refractivity contribution >= 4 is 12.3 Å². The van der Waals surface area contributed by atoms with Crippen molar-refractivity contribution in [3.05, 3.63) is 59.7 Å². The van der Waals surface area contributed by atoms with E-state index in [9.17, 15) is 9.59 Å². The molecular weight excluding hydrogens is 292 g/mol. The van der Waals surface area contributed by atoms with Crippen molar-refractivity contribution in [2.45, 2.75) is 20.3 Å². The summed E-state index contributed by atoms with van der Waals surface area (Å²) in [6.07, 6.45) is 1.64. The van der Waals surface area contributed by atoms with Gasteiger partial charge in [-0.25, -0.2) is 4.79 Å². The molecule has 0 aliphatic carbocycles. The van der Waals surface area contributed by atoms with Gasteiger partial charge < -0.3 is 9.47 Å². The molecule has 4 nitrogen and oxygen atoms in total. The van der Waals surface area contributed by atoms with Gasteiger partial charge in [0.25, 0.3) is 0 Å². The van der Waals surface area contributed by atoms with Crippen LogP contribution >= 0.6 is 0 Å². The van der Waals surface area contributed by atoms with Crippen molar-refractivity contribution in [3.63, 3.8) is 0 Å². The molecule has 0 atom stereocenters. The highest BCUT2D eigenvalue weighted by Gasteiger charge is 2.11. The fourth-order valence-corrected chi connectivity index (χ4v) is 1.93. The summed E-state index contributed by atoms with van der Waals surface area (Å²) < 4.78 is 10.9. The summed E-state index contributed by atoms with van der Waals surface area (Å²) in [6.45, 7) is 4.92.